The number of halogens is 1. The van der Waals surface area contributed by atoms with Crippen molar-refractivity contribution in [1.29, 1.82) is 0 Å². The van der Waals surface area contributed by atoms with E-state index in [2.05, 4.69) is 52.1 Å². The van der Waals surface area contributed by atoms with Gasteiger partial charge in [0.25, 0.3) is 5.91 Å². The topological polar surface area (TPSA) is 35.6 Å². The number of thioether (sulfide) groups is 1. The Balaban J connectivity index is 1.69. The van der Waals surface area contributed by atoms with E-state index in [0.29, 0.717) is 15.9 Å². The van der Waals surface area contributed by atoms with Gasteiger partial charge in [-0.1, -0.05) is 48.2 Å². The number of benzene rings is 2. The first-order valence-electron chi connectivity index (χ1n) is 9.12. The molecule has 1 aliphatic heterocycles. The number of rotatable bonds is 7. The monoisotopic (exact) mass is 475 g/mol. The second-order valence-electron chi connectivity index (χ2n) is 6.19. The van der Waals surface area contributed by atoms with Crippen molar-refractivity contribution >= 4 is 67.6 Å². The van der Waals surface area contributed by atoms with Gasteiger partial charge in [0, 0.05) is 28.9 Å². The number of nitrogens with zero attached hydrogens (tertiary/aromatic N) is 2. The fourth-order valence-electron chi connectivity index (χ4n) is 2.93. The molecule has 1 N–H and O–H groups in total. The van der Waals surface area contributed by atoms with Crippen LogP contribution in [0.5, 0.6) is 0 Å². The Labute approximate surface area is 184 Å². The summed E-state index contributed by atoms with van der Waals surface area (Å²) in [6.07, 6.45) is 1.91. The Hall–Kier alpha value is -1.83. The van der Waals surface area contributed by atoms with E-state index in [0.717, 1.165) is 28.8 Å². The van der Waals surface area contributed by atoms with Crippen LogP contribution in [0.1, 0.15) is 19.4 Å². The van der Waals surface area contributed by atoms with Crippen molar-refractivity contribution in [2.75, 3.05) is 30.0 Å². The van der Waals surface area contributed by atoms with Crippen molar-refractivity contribution in [1.82, 2.24) is 4.90 Å². The summed E-state index contributed by atoms with van der Waals surface area (Å²) in [5, 5.41) is 3.26. The second-order valence-corrected chi connectivity index (χ2v) is 8.72. The van der Waals surface area contributed by atoms with Crippen LogP contribution in [0, 0.1) is 0 Å². The van der Waals surface area contributed by atoms with Gasteiger partial charge in [-0.2, -0.15) is 0 Å². The van der Waals surface area contributed by atoms with Crippen molar-refractivity contribution in [3.05, 3.63) is 63.5 Å². The Morgan fingerprint density at radius 3 is 2.46 bits per heavy atom. The van der Waals surface area contributed by atoms with Gasteiger partial charge in [-0.25, -0.2) is 0 Å². The predicted molar refractivity (Wildman–Crippen MR) is 128 cm³/mol. The van der Waals surface area contributed by atoms with Gasteiger partial charge in [-0.15, -0.1) is 0 Å². The number of hydrogen-bond donors (Lipinski definition) is 1. The SMILES string of the molecule is CCN(CC)c1ccc(/C=C2/SC(=S)N(CNc3ccccc3Br)C2=O)cc1. The highest BCUT2D eigenvalue weighted by atomic mass is 79.9. The van der Waals surface area contributed by atoms with Gasteiger partial charge in [0.05, 0.1) is 11.6 Å². The molecular formula is C21H22BrN3OS2. The number of hydrogen-bond acceptors (Lipinski definition) is 5. The molecule has 2 aromatic rings. The predicted octanol–water partition coefficient (Wildman–Crippen LogP) is 5.57. The molecule has 0 aliphatic carbocycles. The highest BCUT2D eigenvalue weighted by Gasteiger charge is 2.31. The van der Waals surface area contributed by atoms with Crippen LogP contribution in [0.2, 0.25) is 0 Å². The zero-order chi connectivity index (χ0) is 20.1. The number of carbonyl (C=O) groups excluding carboxylic acids is 1. The number of thiocarbonyl (C=S) groups is 1. The molecule has 0 atom stereocenters. The molecular weight excluding hydrogens is 454 g/mol. The van der Waals surface area contributed by atoms with Crippen LogP contribution < -0.4 is 10.2 Å². The van der Waals surface area contributed by atoms with Gasteiger partial charge in [0.2, 0.25) is 0 Å². The summed E-state index contributed by atoms with van der Waals surface area (Å²) in [6, 6.07) is 16.1. The van der Waals surface area contributed by atoms with E-state index in [-0.39, 0.29) is 5.91 Å². The molecule has 1 heterocycles. The van der Waals surface area contributed by atoms with Gasteiger partial charge in [0.1, 0.15) is 4.32 Å². The molecule has 0 aromatic heterocycles. The molecule has 3 rings (SSSR count). The largest absolute Gasteiger partial charge is 0.372 e. The molecule has 2 aromatic carbocycles. The zero-order valence-electron chi connectivity index (χ0n) is 15.8. The van der Waals surface area contributed by atoms with Crippen molar-refractivity contribution in [3.63, 3.8) is 0 Å². The minimum Gasteiger partial charge on any atom is -0.372 e. The lowest BCUT2D eigenvalue weighted by Gasteiger charge is -2.20. The highest BCUT2D eigenvalue weighted by molar-refractivity contribution is 9.10. The number of carbonyl (C=O) groups is 1. The maximum absolute atomic E-state index is 12.8. The van der Waals surface area contributed by atoms with Crippen LogP contribution in [0.25, 0.3) is 6.08 Å². The second kappa shape index (κ2) is 9.58. The van der Waals surface area contributed by atoms with E-state index < -0.39 is 0 Å². The molecule has 7 heteroatoms. The van der Waals surface area contributed by atoms with Crippen LogP contribution >= 0.6 is 39.9 Å². The number of para-hydroxylation sites is 1. The van der Waals surface area contributed by atoms with E-state index in [9.17, 15) is 4.79 Å². The number of anilines is 2. The van der Waals surface area contributed by atoms with E-state index in [1.54, 1.807) is 4.90 Å². The zero-order valence-corrected chi connectivity index (χ0v) is 19.0. The van der Waals surface area contributed by atoms with E-state index >= 15 is 0 Å². The molecule has 4 nitrogen and oxygen atoms in total. The van der Waals surface area contributed by atoms with Gasteiger partial charge >= 0.3 is 0 Å². The molecule has 1 saturated heterocycles. The average molecular weight is 476 g/mol. The molecule has 1 fully saturated rings. The Morgan fingerprint density at radius 1 is 1.14 bits per heavy atom. The third kappa shape index (κ3) is 4.77. The third-order valence-electron chi connectivity index (χ3n) is 4.49. The van der Waals surface area contributed by atoms with Crippen molar-refractivity contribution in [2.45, 2.75) is 13.8 Å². The van der Waals surface area contributed by atoms with Gasteiger partial charge < -0.3 is 10.2 Å². The molecule has 146 valence electrons. The van der Waals surface area contributed by atoms with Crippen LogP contribution in [0.4, 0.5) is 11.4 Å². The quantitative estimate of drug-likeness (QED) is 0.418. The van der Waals surface area contributed by atoms with E-state index in [4.69, 9.17) is 12.2 Å². The van der Waals surface area contributed by atoms with Crippen LogP contribution in [0.15, 0.2) is 57.9 Å². The highest BCUT2D eigenvalue weighted by Crippen LogP contribution is 2.33. The maximum Gasteiger partial charge on any atom is 0.267 e. The molecule has 1 amide bonds. The lowest BCUT2D eigenvalue weighted by Crippen LogP contribution is -2.33. The Morgan fingerprint density at radius 2 is 1.82 bits per heavy atom. The van der Waals surface area contributed by atoms with Crippen LogP contribution in [-0.4, -0.2) is 34.9 Å². The molecule has 0 unspecified atom stereocenters. The summed E-state index contributed by atoms with van der Waals surface area (Å²) >= 11 is 10.3. The molecule has 28 heavy (non-hydrogen) atoms. The number of amides is 1. The molecule has 0 radical (unpaired) electrons. The summed E-state index contributed by atoms with van der Waals surface area (Å²) in [7, 11) is 0. The third-order valence-corrected chi connectivity index (χ3v) is 6.56. The van der Waals surface area contributed by atoms with E-state index in [1.165, 1.54) is 17.4 Å². The average Bonchev–Trinajstić information content (AvgIpc) is 2.96. The Kier molecular flexibility index (Phi) is 7.15. The first-order chi connectivity index (χ1) is 13.5. The minimum atomic E-state index is -0.0672. The van der Waals surface area contributed by atoms with Crippen LogP contribution in [-0.2, 0) is 4.79 Å². The molecule has 0 saturated carbocycles. The normalized spacial score (nSPS) is 15.4. The maximum atomic E-state index is 12.8. The van der Waals surface area contributed by atoms with Crippen molar-refractivity contribution in [2.24, 2.45) is 0 Å². The summed E-state index contributed by atoms with van der Waals surface area (Å²) in [5.41, 5.74) is 3.11. The summed E-state index contributed by atoms with van der Waals surface area (Å²) < 4.78 is 1.51. The first-order valence-corrected chi connectivity index (χ1v) is 11.1. The lowest BCUT2D eigenvalue weighted by molar-refractivity contribution is -0.121. The minimum absolute atomic E-state index is 0.0672. The number of nitrogens with one attached hydrogen (secondary N) is 1. The fraction of sp³-hybridized carbons (Fsp3) is 0.238. The standard InChI is InChI=1S/C21H22BrN3OS2/c1-3-24(4-2)16-11-9-15(10-12-16)13-19-20(26)25(21(27)28-19)14-23-18-8-6-5-7-17(18)22/h5-13,23H,3-4,14H2,1-2H3/b19-13+. The summed E-state index contributed by atoms with van der Waals surface area (Å²) in [4.78, 5) is 17.3. The van der Waals surface area contributed by atoms with Crippen LogP contribution in [0.3, 0.4) is 0 Å². The van der Waals surface area contributed by atoms with Gasteiger partial charge in [-0.3, -0.25) is 9.69 Å². The Bertz CT molecular complexity index is 895. The molecule has 1 aliphatic rings. The fourth-order valence-corrected chi connectivity index (χ4v) is 4.61. The molecule has 0 spiro atoms. The summed E-state index contributed by atoms with van der Waals surface area (Å²) in [5.74, 6) is -0.0672. The lowest BCUT2D eigenvalue weighted by atomic mass is 10.1. The van der Waals surface area contributed by atoms with Crippen molar-refractivity contribution < 1.29 is 4.79 Å². The van der Waals surface area contributed by atoms with Gasteiger partial charge in [-0.05, 0) is 65.7 Å². The van der Waals surface area contributed by atoms with Gasteiger partial charge in [0.15, 0.2) is 0 Å². The molecule has 0 bridgehead atoms. The smallest absolute Gasteiger partial charge is 0.267 e. The van der Waals surface area contributed by atoms with E-state index in [1.807, 2.05) is 42.5 Å². The van der Waals surface area contributed by atoms with Crippen molar-refractivity contribution in [3.8, 4) is 0 Å². The summed E-state index contributed by atoms with van der Waals surface area (Å²) in [6.45, 7) is 6.57. The first kappa shape index (κ1) is 20.9.